The Morgan fingerprint density at radius 1 is 0.682 bits per heavy atom. The van der Waals surface area contributed by atoms with Crippen molar-refractivity contribution in [1.29, 1.82) is 0 Å². The number of hydrogen-bond donors (Lipinski definition) is 1. The van der Waals surface area contributed by atoms with E-state index in [0.717, 1.165) is 18.4 Å². The van der Waals surface area contributed by atoms with Crippen LogP contribution in [0.25, 0.3) is 11.1 Å². The lowest BCUT2D eigenvalue weighted by Gasteiger charge is -2.07. The minimum Gasteiger partial charge on any atom is -0.508 e. The van der Waals surface area contributed by atoms with Crippen molar-refractivity contribution >= 4 is 0 Å². The molecule has 0 heterocycles. The summed E-state index contributed by atoms with van der Waals surface area (Å²) in [5, 5.41) is 9.85. The Balaban J connectivity index is 1.79. The standard InChI is InChI=1S/C21H20O/c1-2-16-7-11-18(12-8-16)19-13-9-17(10-14-19)15-20-5-3-4-6-21(20)22/h3-14,22H,2,15H2,1H3. The summed E-state index contributed by atoms with van der Waals surface area (Å²) >= 11 is 0. The SMILES string of the molecule is CCc1ccc(-c2ccc(Cc3ccccc3O)cc2)cc1. The van der Waals surface area contributed by atoms with Gasteiger partial charge in [0, 0.05) is 6.42 Å². The van der Waals surface area contributed by atoms with Gasteiger partial charge >= 0.3 is 0 Å². The lowest BCUT2D eigenvalue weighted by molar-refractivity contribution is 0.469. The summed E-state index contributed by atoms with van der Waals surface area (Å²) in [6, 6.07) is 24.8. The molecule has 0 radical (unpaired) electrons. The molecule has 1 N–H and O–H groups in total. The number of rotatable bonds is 4. The van der Waals surface area contributed by atoms with Crippen LogP contribution in [0.4, 0.5) is 0 Å². The van der Waals surface area contributed by atoms with Crippen molar-refractivity contribution in [2.45, 2.75) is 19.8 Å². The third-order valence-electron chi connectivity index (χ3n) is 4.04. The Labute approximate surface area is 131 Å². The lowest BCUT2D eigenvalue weighted by Crippen LogP contribution is -1.89. The molecular weight excluding hydrogens is 268 g/mol. The highest BCUT2D eigenvalue weighted by Gasteiger charge is 2.03. The Bertz CT molecular complexity index is 740. The maximum absolute atomic E-state index is 9.85. The molecule has 0 unspecified atom stereocenters. The maximum Gasteiger partial charge on any atom is 0.119 e. The Morgan fingerprint density at radius 2 is 1.23 bits per heavy atom. The maximum atomic E-state index is 9.85. The molecule has 0 saturated heterocycles. The molecule has 0 aliphatic heterocycles. The summed E-state index contributed by atoms with van der Waals surface area (Å²) in [6.45, 7) is 2.17. The van der Waals surface area contributed by atoms with E-state index in [-0.39, 0.29) is 0 Å². The monoisotopic (exact) mass is 288 g/mol. The van der Waals surface area contributed by atoms with Crippen molar-refractivity contribution in [3.63, 3.8) is 0 Å². The molecule has 0 bridgehead atoms. The summed E-state index contributed by atoms with van der Waals surface area (Å²) in [5.41, 5.74) is 5.99. The molecule has 3 rings (SSSR count). The third-order valence-corrected chi connectivity index (χ3v) is 4.04. The number of aryl methyl sites for hydroxylation is 1. The smallest absolute Gasteiger partial charge is 0.119 e. The van der Waals surface area contributed by atoms with Gasteiger partial charge in [0.05, 0.1) is 0 Å². The highest BCUT2D eigenvalue weighted by molar-refractivity contribution is 5.64. The fourth-order valence-corrected chi connectivity index (χ4v) is 2.63. The van der Waals surface area contributed by atoms with Crippen molar-refractivity contribution in [1.82, 2.24) is 0 Å². The van der Waals surface area contributed by atoms with Gasteiger partial charge in [0.25, 0.3) is 0 Å². The first-order valence-corrected chi connectivity index (χ1v) is 7.71. The molecule has 22 heavy (non-hydrogen) atoms. The van der Waals surface area contributed by atoms with Crippen LogP contribution in [0.1, 0.15) is 23.6 Å². The normalized spacial score (nSPS) is 10.6. The van der Waals surface area contributed by atoms with Crippen LogP contribution in [-0.4, -0.2) is 5.11 Å². The molecule has 0 aliphatic rings. The first-order chi connectivity index (χ1) is 10.8. The molecule has 0 spiro atoms. The summed E-state index contributed by atoms with van der Waals surface area (Å²) in [6.07, 6.45) is 1.82. The van der Waals surface area contributed by atoms with Crippen LogP contribution in [0.3, 0.4) is 0 Å². The summed E-state index contributed by atoms with van der Waals surface area (Å²) < 4.78 is 0. The molecule has 0 atom stereocenters. The second-order valence-electron chi connectivity index (χ2n) is 5.55. The van der Waals surface area contributed by atoms with E-state index in [1.807, 2.05) is 18.2 Å². The van der Waals surface area contributed by atoms with Crippen molar-refractivity contribution in [3.05, 3.63) is 89.5 Å². The van der Waals surface area contributed by atoms with Gasteiger partial charge in [-0.3, -0.25) is 0 Å². The average molecular weight is 288 g/mol. The molecule has 0 fully saturated rings. The van der Waals surface area contributed by atoms with E-state index in [0.29, 0.717) is 5.75 Å². The number of aromatic hydroxyl groups is 1. The minimum atomic E-state index is 0.363. The first-order valence-electron chi connectivity index (χ1n) is 7.71. The van der Waals surface area contributed by atoms with Crippen molar-refractivity contribution in [3.8, 4) is 16.9 Å². The first kappa shape index (κ1) is 14.4. The van der Waals surface area contributed by atoms with Crippen LogP contribution in [0.5, 0.6) is 5.75 Å². The third kappa shape index (κ3) is 3.20. The molecule has 1 heteroatoms. The van der Waals surface area contributed by atoms with Gasteiger partial charge in [-0.1, -0.05) is 73.7 Å². The van der Waals surface area contributed by atoms with E-state index >= 15 is 0 Å². The molecule has 110 valence electrons. The topological polar surface area (TPSA) is 20.2 Å². The largest absolute Gasteiger partial charge is 0.508 e. The highest BCUT2D eigenvalue weighted by atomic mass is 16.3. The van der Waals surface area contributed by atoms with Gasteiger partial charge in [0.15, 0.2) is 0 Å². The molecule has 0 amide bonds. The molecule has 3 aromatic carbocycles. The minimum absolute atomic E-state index is 0.363. The van der Waals surface area contributed by atoms with Crippen molar-refractivity contribution < 1.29 is 5.11 Å². The van der Waals surface area contributed by atoms with Gasteiger partial charge in [0.2, 0.25) is 0 Å². The van der Waals surface area contributed by atoms with E-state index in [1.54, 1.807) is 6.07 Å². The summed E-state index contributed by atoms with van der Waals surface area (Å²) in [4.78, 5) is 0. The number of benzene rings is 3. The highest BCUT2D eigenvalue weighted by Crippen LogP contribution is 2.23. The quantitative estimate of drug-likeness (QED) is 0.698. The summed E-state index contributed by atoms with van der Waals surface area (Å²) in [5.74, 6) is 0.363. The number of para-hydroxylation sites is 1. The molecule has 0 saturated carbocycles. The van der Waals surface area contributed by atoms with E-state index in [4.69, 9.17) is 0 Å². The zero-order valence-corrected chi connectivity index (χ0v) is 12.8. The Morgan fingerprint density at radius 3 is 1.77 bits per heavy atom. The second-order valence-corrected chi connectivity index (χ2v) is 5.55. The van der Waals surface area contributed by atoms with Gasteiger partial charge in [0.1, 0.15) is 5.75 Å². The van der Waals surface area contributed by atoms with Gasteiger partial charge in [-0.15, -0.1) is 0 Å². The summed E-state index contributed by atoms with van der Waals surface area (Å²) in [7, 11) is 0. The van der Waals surface area contributed by atoms with E-state index in [1.165, 1.54) is 22.3 Å². The fraction of sp³-hybridized carbons (Fsp3) is 0.143. The Kier molecular flexibility index (Phi) is 4.24. The van der Waals surface area contributed by atoms with Crippen LogP contribution < -0.4 is 0 Å². The predicted molar refractivity (Wildman–Crippen MR) is 92.2 cm³/mol. The zero-order valence-electron chi connectivity index (χ0n) is 12.8. The van der Waals surface area contributed by atoms with Crippen molar-refractivity contribution in [2.75, 3.05) is 0 Å². The average Bonchev–Trinajstić information content (AvgIpc) is 2.58. The van der Waals surface area contributed by atoms with E-state index in [9.17, 15) is 5.11 Å². The van der Waals surface area contributed by atoms with Crippen LogP contribution in [0, 0.1) is 0 Å². The molecular formula is C21H20O. The van der Waals surface area contributed by atoms with Gasteiger partial charge in [-0.05, 0) is 40.3 Å². The van der Waals surface area contributed by atoms with Gasteiger partial charge in [-0.25, -0.2) is 0 Å². The molecule has 0 aliphatic carbocycles. The molecule has 3 aromatic rings. The van der Waals surface area contributed by atoms with Crippen LogP contribution in [0.2, 0.25) is 0 Å². The molecule has 1 nitrogen and oxygen atoms in total. The van der Waals surface area contributed by atoms with Crippen LogP contribution in [-0.2, 0) is 12.8 Å². The number of phenols is 1. The molecule has 0 aromatic heterocycles. The number of hydrogen-bond acceptors (Lipinski definition) is 1. The second kappa shape index (κ2) is 6.48. The Hall–Kier alpha value is -2.54. The van der Waals surface area contributed by atoms with Gasteiger partial charge in [-0.2, -0.15) is 0 Å². The number of phenolic OH excluding ortho intramolecular Hbond substituents is 1. The van der Waals surface area contributed by atoms with E-state index < -0.39 is 0 Å². The predicted octanol–water partition coefficient (Wildman–Crippen LogP) is 5.21. The van der Waals surface area contributed by atoms with Crippen molar-refractivity contribution in [2.24, 2.45) is 0 Å². The lowest BCUT2D eigenvalue weighted by atomic mass is 9.99. The van der Waals surface area contributed by atoms with Crippen LogP contribution >= 0.6 is 0 Å². The van der Waals surface area contributed by atoms with Crippen LogP contribution in [0.15, 0.2) is 72.8 Å². The van der Waals surface area contributed by atoms with E-state index in [2.05, 4.69) is 55.5 Å². The zero-order chi connectivity index (χ0) is 15.4. The van der Waals surface area contributed by atoms with Gasteiger partial charge < -0.3 is 5.11 Å². The fourth-order valence-electron chi connectivity index (χ4n) is 2.63.